The predicted molar refractivity (Wildman–Crippen MR) is 54.1 cm³/mol. The Balaban J connectivity index is 3.42. The van der Waals surface area contributed by atoms with E-state index in [0.717, 1.165) is 6.07 Å². The molecule has 0 spiro atoms. The monoisotopic (exact) mass is 241 g/mol. The highest BCUT2D eigenvalue weighted by molar-refractivity contribution is 5.93. The summed E-state index contributed by atoms with van der Waals surface area (Å²) in [4.78, 5) is 11.0. The molecule has 6 heteroatoms. The first-order valence-electron chi connectivity index (χ1n) is 4.75. The maximum atomic E-state index is 12.1. The van der Waals surface area contributed by atoms with Crippen LogP contribution in [0.5, 0.6) is 5.75 Å². The third-order valence-electron chi connectivity index (χ3n) is 2.17. The highest BCUT2D eigenvalue weighted by Crippen LogP contribution is 2.27. The topological polar surface area (TPSA) is 70.3 Å². The predicted octanol–water partition coefficient (Wildman–Crippen LogP) is 2.42. The average molecular weight is 241 g/mol. The average Bonchev–Trinajstić information content (AvgIpc) is 2.27. The number of alkyl halides is 2. The molecule has 0 saturated carbocycles. The Morgan fingerprint density at radius 2 is 2.24 bits per heavy atom. The molecule has 0 unspecified atom stereocenters. The Kier molecular flexibility index (Phi) is 3.99. The molecule has 0 heterocycles. The number of hydrogen-bond acceptors (Lipinski definition) is 3. The minimum atomic E-state index is -3.03. The number of benzene rings is 1. The second-order valence-corrected chi connectivity index (χ2v) is 3.11. The molecule has 0 amide bonds. The van der Waals surface area contributed by atoms with E-state index in [1.165, 1.54) is 6.07 Å². The number of carbonyl (C=O) groups is 1. The molecule has 0 aliphatic carbocycles. The lowest BCUT2D eigenvalue weighted by atomic mass is 9.99. The molecule has 1 aromatic rings. The van der Waals surface area contributed by atoms with Gasteiger partial charge in [-0.2, -0.15) is 14.0 Å². The number of ether oxygens (including phenoxy) is 1. The van der Waals surface area contributed by atoms with Gasteiger partial charge in [0.25, 0.3) is 0 Å². The van der Waals surface area contributed by atoms with Gasteiger partial charge in [-0.05, 0) is 18.6 Å². The fourth-order valence-corrected chi connectivity index (χ4v) is 1.52. The van der Waals surface area contributed by atoms with Gasteiger partial charge < -0.3 is 9.84 Å². The fourth-order valence-electron chi connectivity index (χ4n) is 1.52. The van der Waals surface area contributed by atoms with E-state index >= 15 is 0 Å². The van der Waals surface area contributed by atoms with Crippen LogP contribution in [-0.4, -0.2) is 17.7 Å². The molecule has 0 aliphatic rings. The van der Waals surface area contributed by atoms with Crippen LogP contribution in [0.15, 0.2) is 12.1 Å². The first kappa shape index (κ1) is 12.9. The molecule has 0 aliphatic heterocycles. The molecular formula is C11H9F2NO3. The van der Waals surface area contributed by atoms with Crippen molar-refractivity contribution in [3.63, 3.8) is 0 Å². The van der Waals surface area contributed by atoms with Gasteiger partial charge in [-0.1, -0.05) is 6.92 Å². The maximum absolute atomic E-state index is 12.1. The van der Waals surface area contributed by atoms with Crippen LogP contribution in [0.25, 0.3) is 0 Å². The van der Waals surface area contributed by atoms with E-state index in [2.05, 4.69) is 4.74 Å². The molecule has 17 heavy (non-hydrogen) atoms. The highest BCUT2D eigenvalue weighted by Gasteiger charge is 2.20. The van der Waals surface area contributed by atoms with Crippen LogP contribution in [0.4, 0.5) is 8.78 Å². The minimum Gasteiger partial charge on any atom is -0.478 e. The van der Waals surface area contributed by atoms with Crippen molar-refractivity contribution < 1.29 is 23.4 Å². The van der Waals surface area contributed by atoms with Gasteiger partial charge in [0.05, 0.1) is 11.1 Å². The van der Waals surface area contributed by atoms with Gasteiger partial charge in [0, 0.05) is 5.56 Å². The molecule has 0 aromatic heterocycles. The van der Waals surface area contributed by atoms with Gasteiger partial charge in [-0.25, -0.2) is 4.79 Å². The normalized spacial score (nSPS) is 10.1. The summed E-state index contributed by atoms with van der Waals surface area (Å²) < 4.78 is 28.5. The summed E-state index contributed by atoms with van der Waals surface area (Å²) in [5.74, 6) is -1.54. The second-order valence-electron chi connectivity index (χ2n) is 3.11. The molecule has 1 aromatic carbocycles. The quantitative estimate of drug-likeness (QED) is 0.878. The molecule has 1 rings (SSSR count). The molecule has 90 valence electrons. The van der Waals surface area contributed by atoms with E-state index in [1.807, 2.05) is 0 Å². The summed E-state index contributed by atoms with van der Waals surface area (Å²) in [7, 11) is 0. The van der Waals surface area contributed by atoms with Crippen LogP contribution >= 0.6 is 0 Å². The van der Waals surface area contributed by atoms with Crippen LogP contribution in [0, 0.1) is 11.3 Å². The molecule has 0 bridgehead atoms. The molecule has 4 nitrogen and oxygen atoms in total. The van der Waals surface area contributed by atoms with E-state index in [-0.39, 0.29) is 28.9 Å². The van der Waals surface area contributed by atoms with Crippen molar-refractivity contribution in [1.82, 2.24) is 0 Å². The first-order chi connectivity index (χ1) is 8.01. The number of halogens is 2. The van der Waals surface area contributed by atoms with Crippen molar-refractivity contribution in [1.29, 1.82) is 5.26 Å². The molecule has 0 radical (unpaired) electrons. The summed E-state index contributed by atoms with van der Waals surface area (Å²) in [6, 6.07) is 4.04. The minimum absolute atomic E-state index is 0.0732. The summed E-state index contributed by atoms with van der Waals surface area (Å²) in [6.45, 7) is -1.43. The van der Waals surface area contributed by atoms with E-state index < -0.39 is 12.6 Å². The van der Waals surface area contributed by atoms with Crippen LogP contribution in [0.3, 0.4) is 0 Å². The third-order valence-corrected chi connectivity index (χ3v) is 2.17. The summed E-state index contributed by atoms with van der Waals surface area (Å²) in [6.07, 6.45) is 0.180. The largest absolute Gasteiger partial charge is 0.478 e. The van der Waals surface area contributed by atoms with E-state index in [0.29, 0.717) is 0 Å². The lowest BCUT2D eigenvalue weighted by Crippen LogP contribution is -2.10. The number of hydrogen-bond donors (Lipinski definition) is 1. The van der Waals surface area contributed by atoms with Crippen LogP contribution in [-0.2, 0) is 6.42 Å². The van der Waals surface area contributed by atoms with Crippen molar-refractivity contribution in [2.75, 3.05) is 0 Å². The Hall–Kier alpha value is -2.16. The van der Waals surface area contributed by atoms with Crippen LogP contribution in [0.1, 0.15) is 28.4 Å². The van der Waals surface area contributed by atoms with Crippen LogP contribution in [0.2, 0.25) is 0 Å². The number of rotatable bonds is 4. The van der Waals surface area contributed by atoms with Crippen molar-refractivity contribution in [2.45, 2.75) is 20.0 Å². The lowest BCUT2D eigenvalue weighted by molar-refractivity contribution is -0.0505. The zero-order valence-electron chi connectivity index (χ0n) is 8.91. The third kappa shape index (κ3) is 2.69. The highest BCUT2D eigenvalue weighted by atomic mass is 19.3. The number of carboxylic acid groups (broad SMARTS) is 1. The zero-order valence-corrected chi connectivity index (χ0v) is 8.91. The standard InChI is InChI=1S/C11H9F2NO3/c1-2-7-8(17-11(12)13)4-3-6(5-14)9(7)10(15)16/h3-4,11H,2H2,1H3,(H,15,16). The number of nitrogens with zero attached hydrogens (tertiary/aromatic N) is 1. The second kappa shape index (κ2) is 5.25. The van der Waals surface area contributed by atoms with Gasteiger partial charge in [0.1, 0.15) is 11.8 Å². The van der Waals surface area contributed by atoms with Crippen molar-refractivity contribution in [2.24, 2.45) is 0 Å². The number of nitriles is 1. The van der Waals surface area contributed by atoms with Crippen molar-refractivity contribution in [3.8, 4) is 11.8 Å². The Bertz CT molecular complexity index is 480. The summed E-state index contributed by atoms with van der Waals surface area (Å²) >= 11 is 0. The zero-order chi connectivity index (χ0) is 13.0. The van der Waals surface area contributed by atoms with Gasteiger partial charge in [0.2, 0.25) is 0 Å². The summed E-state index contributed by atoms with van der Waals surface area (Å²) in [5, 5.41) is 17.7. The van der Waals surface area contributed by atoms with Gasteiger partial charge in [0.15, 0.2) is 0 Å². The Labute approximate surface area is 96.0 Å². The first-order valence-corrected chi connectivity index (χ1v) is 4.75. The fraction of sp³-hybridized carbons (Fsp3) is 0.273. The number of aromatic carboxylic acids is 1. The van der Waals surface area contributed by atoms with Crippen LogP contribution < -0.4 is 4.74 Å². The molecule has 1 N–H and O–H groups in total. The summed E-state index contributed by atoms with van der Waals surface area (Å²) in [5.41, 5.74) is -0.263. The molecule has 0 fully saturated rings. The molecular weight excluding hydrogens is 232 g/mol. The molecule has 0 saturated heterocycles. The maximum Gasteiger partial charge on any atom is 0.387 e. The Morgan fingerprint density at radius 3 is 2.65 bits per heavy atom. The van der Waals surface area contributed by atoms with Crippen molar-refractivity contribution >= 4 is 5.97 Å². The van der Waals surface area contributed by atoms with Crippen molar-refractivity contribution in [3.05, 3.63) is 28.8 Å². The van der Waals surface area contributed by atoms with E-state index in [4.69, 9.17) is 10.4 Å². The lowest BCUT2D eigenvalue weighted by Gasteiger charge is -2.12. The number of carboxylic acids is 1. The Morgan fingerprint density at radius 1 is 1.59 bits per heavy atom. The van der Waals surface area contributed by atoms with E-state index in [1.54, 1.807) is 13.0 Å². The van der Waals surface area contributed by atoms with E-state index in [9.17, 15) is 13.6 Å². The molecule has 0 atom stereocenters. The smallest absolute Gasteiger partial charge is 0.387 e. The van der Waals surface area contributed by atoms with Gasteiger partial charge in [-0.3, -0.25) is 0 Å². The SMILES string of the molecule is CCc1c(OC(F)F)ccc(C#N)c1C(=O)O. The van der Waals surface area contributed by atoms with Gasteiger partial charge in [-0.15, -0.1) is 0 Å². The van der Waals surface area contributed by atoms with Gasteiger partial charge >= 0.3 is 12.6 Å².